The molecule has 3 aromatic carbocycles. The van der Waals surface area contributed by atoms with Crippen LogP contribution >= 0.6 is 11.6 Å². The van der Waals surface area contributed by atoms with Gasteiger partial charge in [0.15, 0.2) is 40.2 Å². The Balaban J connectivity index is 2.09. The second kappa shape index (κ2) is 11.3. The van der Waals surface area contributed by atoms with Crippen molar-refractivity contribution in [3.8, 4) is 80.1 Å². The first-order chi connectivity index (χ1) is 20.5. The minimum atomic E-state index is -4.28. The van der Waals surface area contributed by atoms with Crippen LogP contribution in [-0.2, 0) is 0 Å². The van der Waals surface area contributed by atoms with E-state index in [0.29, 0.717) is 0 Å². The molecule has 1 atom stereocenters. The smallest absolute Gasteiger partial charge is 0.343 e. The van der Waals surface area contributed by atoms with Gasteiger partial charge in [-0.2, -0.15) is 0 Å². The molecule has 3 rings (SSSR count). The number of anilines is 1. The fourth-order valence-electron chi connectivity index (χ4n) is 3.92. The maximum absolute atomic E-state index is 11.5. The molecule has 20 N–H and O–H groups in total. The predicted octanol–water partition coefficient (Wildman–Crippen LogP) is -1.82. The molecule has 0 saturated heterocycles. The molecule has 0 bridgehead atoms. The van der Waals surface area contributed by atoms with E-state index in [1.165, 1.54) is 10.6 Å². The number of nitrogens with one attached hydrogen (secondary N) is 2. The standard InChI is InChI=1S/C23H23ClN2O19/c24-7-10(29)3(12(31)19(38)16(7)35)2(27)1-25-22(42,43)23(44,45)26-8-11(30)5(14(33)20(39)17(8)36)4-9(28)6(21(40)41)15(34)18(37)13(4)32/h2,25-39,42-45H,1H2,(H,40,41). The number of aromatic hydroxyl groups is 12. The Morgan fingerprint density at radius 3 is 1.58 bits per heavy atom. The highest BCUT2D eigenvalue weighted by molar-refractivity contribution is 6.34. The normalized spacial score (nSPS) is 12.7. The molecule has 45 heavy (non-hydrogen) atoms. The Kier molecular flexibility index (Phi) is 8.52. The predicted molar refractivity (Wildman–Crippen MR) is 141 cm³/mol. The number of carboxylic acids is 1. The molecule has 0 amide bonds. The molecule has 3 aromatic rings. The molecule has 0 heterocycles. The van der Waals surface area contributed by atoms with Gasteiger partial charge in [-0.25, -0.2) is 4.79 Å². The Hall–Kier alpha value is -5.42. The number of aliphatic hydroxyl groups is 5. The number of halogens is 1. The van der Waals surface area contributed by atoms with E-state index in [2.05, 4.69) is 0 Å². The van der Waals surface area contributed by atoms with E-state index in [0.717, 1.165) is 0 Å². The van der Waals surface area contributed by atoms with E-state index < -0.39 is 132 Å². The first-order valence-electron chi connectivity index (χ1n) is 11.5. The highest BCUT2D eigenvalue weighted by Crippen LogP contribution is 2.61. The highest BCUT2D eigenvalue weighted by atomic mass is 35.5. The Labute approximate surface area is 251 Å². The molecule has 0 spiro atoms. The quantitative estimate of drug-likeness (QED) is 0.0678. The summed E-state index contributed by atoms with van der Waals surface area (Å²) in [6, 6.07) is 0. The topological polar surface area (TPSA) is 405 Å². The van der Waals surface area contributed by atoms with E-state index >= 15 is 0 Å². The number of benzene rings is 3. The molecule has 0 aromatic heterocycles. The van der Waals surface area contributed by atoms with Gasteiger partial charge in [0.1, 0.15) is 27.8 Å². The van der Waals surface area contributed by atoms with Crippen LogP contribution in [0.15, 0.2) is 0 Å². The fraction of sp³-hybridized carbons (Fsp3) is 0.174. The monoisotopic (exact) mass is 666 g/mol. The van der Waals surface area contributed by atoms with E-state index in [4.69, 9.17) is 11.6 Å². The second-order valence-corrected chi connectivity index (χ2v) is 9.46. The van der Waals surface area contributed by atoms with E-state index in [9.17, 15) is 96.7 Å². The molecule has 1 unspecified atom stereocenters. The van der Waals surface area contributed by atoms with Crippen molar-refractivity contribution >= 4 is 23.3 Å². The van der Waals surface area contributed by atoms with Crippen molar-refractivity contribution < 1.29 is 96.7 Å². The average Bonchev–Trinajstić information content (AvgIpc) is 2.95. The van der Waals surface area contributed by atoms with Crippen molar-refractivity contribution in [1.82, 2.24) is 5.32 Å². The van der Waals surface area contributed by atoms with Crippen LogP contribution in [0.2, 0.25) is 5.02 Å². The Bertz CT molecular complexity index is 1700. The molecular formula is C23H23ClN2O19. The molecule has 0 aliphatic rings. The maximum atomic E-state index is 11.5. The summed E-state index contributed by atoms with van der Waals surface area (Å²) in [4.78, 5) is 11.5. The number of hydrogen-bond acceptors (Lipinski definition) is 20. The first kappa shape index (κ1) is 34.1. The molecular weight excluding hydrogens is 644 g/mol. The first-order valence-corrected chi connectivity index (χ1v) is 11.9. The SMILES string of the molecule is O=C(O)c1c(O)c(O)c(O)c(-c2c(O)c(O)c(O)c(NC(O)(O)C(O)(O)NCC(O)c3c(O)c(O)c(O)c(Cl)c3O)c2O)c1O. The van der Waals surface area contributed by atoms with E-state index in [1.807, 2.05) is 0 Å². The summed E-state index contributed by atoms with van der Waals surface area (Å²) >= 11 is 5.56. The molecule has 0 aliphatic carbocycles. The molecule has 0 saturated carbocycles. The molecule has 0 fully saturated rings. The number of carbonyl (C=O) groups is 1. The van der Waals surface area contributed by atoms with Crippen LogP contribution < -0.4 is 10.6 Å². The van der Waals surface area contributed by atoms with Gasteiger partial charge >= 0.3 is 17.8 Å². The van der Waals surface area contributed by atoms with Crippen molar-refractivity contribution in [3.63, 3.8) is 0 Å². The third-order valence-electron chi connectivity index (χ3n) is 6.29. The van der Waals surface area contributed by atoms with E-state index in [1.54, 1.807) is 0 Å². The van der Waals surface area contributed by atoms with Gasteiger partial charge in [0.05, 0.1) is 22.8 Å². The average molecular weight is 667 g/mol. The van der Waals surface area contributed by atoms with Gasteiger partial charge in [0.2, 0.25) is 17.2 Å². The molecule has 21 nitrogen and oxygen atoms in total. The summed E-state index contributed by atoms with van der Waals surface area (Å²) in [5.74, 6) is -29.0. The number of phenols is 12. The van der Waals surface area contributed by atoms with Crippen LogP contribution in [0.5, 0.6) is 69.0 Å². The van der Waals surface area contributed by atoms with Crippen LogP contribution in [0.4, 0.5) is 5.69 Å². The van der Waals surface area contributed by atoms with Crippen LogP contribution in [0.25, 0.3) is 11.1 Å². The van der Waals surface area contributed by atoms with Crippen LogP contribution in [0, 0.1) is 0 Å². The fourth-order valence-corrected chi connectivity index (χ4v) is 4.11. The van der Waals surface area contributed by atoms with Crippen LogP contribution in [0.3, 0.4) is 0 Å². The summed E-state index contributed by atoms with van der Waals surface area (Å²) in [5, 5.41) is 184. The minimum Gasteiger partial charge on any atom is -0.506 e. The second-order valence-electron chi connectivity index (χ2n) is 9.08. The summed E-state index contributed by atoms with van der Waals surface area (Å²) in [5.41, 5.74) is -7.01. The van der Waals surface area contributed by atoms with Crippen LogP contribution in [0.1, 0.15) is 22.0 Å². The Morgan fingerprint density at radius 1 is 0.600 bits per heavy atom. The zero-order valence-corrected chi connectivity index (χ0v) is 22.4. The van der Waals surface area contributed by atoms with Crippen molar-refractivity contribution in [1.29, 1.82) is 0 Å². The largest absolute Gasteiger partial charge is 0.506 e. The van der Waals surface area contributed by atoms with Crippen molar-refractivity contribution in [2.24, 2.45) is 0 Å². The lowest BCUT2D eigenvalue weighted by Crippen LogP contribution is -2.67. The lowest BCUT2D eigenvalue weighted by Gasteiger charge is -2.37. The highest BCUT2D eigenvalue weighted by Gasteiger charge is 2.50. The van der Waals surface area contributed by atoms with Gasteiger partial charge in [-0.15, -0.1) is 0 Å². The number of aliphatic hydroxyl groups excluding tert-OH is 1. The van der Waals surface area contributed by atoms with Gasteiger partial charge in [-0.05, 0) is 0 Å². The Morgan fingerprint density at radius 2 is 1.07 bits per heavy atom. The van der Waals surface area contributed by atoms with Gasteiger partial charge < -0.3 is 97.2 Å². The lowest BCUT2D eigenvalue weighted by atomic mass is 9.95. The molecule has 246 valence electrons. The molecule has 22 heteroatoms. The third kappa shape index (κ3) is 5.31. The van der Waals surface area contributed by atoms with Gasteiger partial charge in [0, 0.05) is 6.54 Å². The van der Waals surface area contributed by atoms with E-state index in [-0.39, 0.29) is 0 Å². The number of aromatic carboxylic acids is 1. The maximum Gasteiger partial charge on any atom is 0.343 e. The zero-order valence-electron chi connectivity index (χ0n) is 21.6. The zero-order chi connectivity index (χ0) is 34.7. The summed E-state index contributed by atoms with van der Waals surface area (Å²) in [6.45, 7) is -1.30. The van der Waals surface area contributed by atoms with Crippen molar-refractivity contribution in [2.75, 3.05) is 11.9 Å². The number of carboxylic acid groups (broad SMARTS) is 1. The van der Waals surface area contributed by atoms with Gasteiger partial charge in [0.25, 0.3) is 0 Å². The summed E-state index contributed by atoms with van der Waals surface area (Å²) < 4.78 is 0. The van der Waals surface area contributed by atoms with Gasteiger partial charge in [-0.1, -0.05) is 11.6 Å². The number of phenolic OH excluding ortho intramolecular Hbond substituents is 10. The van der Waals surface area contributed by atoms with Gasteiger partial charge in [-0.3, -0.25) is 5.32 Å². The number of hydrogen-bond donors (Lipinski definition) is 20. The summed E-state index contributed by atoms with van der Waals surface area (Å²) in [7, 11) is 0. The van der Waals surface area contributed by atoms with Crippen molar-refractivity contribution in [3.05, 3.63) is 16.1 Å². The summed E-state index contributed by atoms with van der Waals surface area (Å²) in [6.07, 6.45) is -2.30. The molecule has 0 radical (unpaired) electrons. The minimum absolute atomic E-state index is 0.970. The molecule has 0 aliphatic heterocycles. The number of rotatable bonds is 9. The third-order valence-corrected chi connectivity index (χ3v) is 6.65. The van der Waals surface area contributed by atoms with Crippen molar-refractivity contribution in [2.45, 2.75) is 17.9 Å². The van der Waals surface area contributed by atoms with Crippen LogP contribution in [-0.4, -0.2) is 116 Å². The lowest BCUT2D eigenvalue weighted by molar-refractivity contribution is -0.357.